The van der Waals surface area contributed by atoms with Crippen LogP contribution in [0.5, 0.6) is 0 Å². The van der Waals surface area contributed by atoms with E-state index in [0.29, 0.717) is 12.6 Å². The van der Waals surface area contributed by atoms with Crippen LogP contribution in [0.2, 0.25) is 0 Å². The second-order valence-electron chi connectivity index (χ2n) is 4.52. The van der Waals surface area contributed by atoms with Crippen LogP contribution in [0.25, 0.3) is 0 Å². The maximum atomic E-state index is 12.1. The average molecular weight is 339 g/mol. The molecule has 0 saturated carbocycles. The smallest absolute Gasteiger partial charge is 0.265 e. The van der Waals surface area contributed by atoms with E-state index in [2.05, 4.69) is 21.0 Å². The molecule has 98 valence electrons. The molecule has 1 aromatic heterocycles. The van der Waals surface area contributed by atoms with Gasteiger partial charge in [-0.25, -0.2) is 4.57 Å². The van der Waals surface area contributed by atoms with E-state index in [4.69, 9.17) is 0 Å². The van der Waals surface area contributed by atoms with Crippen LogP contribution in [0.15, 0.2) is 41.4 Å². The molecule has 1 aromatic carbocycles. The molecule has 19 heavy (non-hydrogen) atoms. The molecular formula is C13H13BrN3OS+. The highest BCUT2D eigenvalue weighted by atomic mass is 79.9. The van der Waals surface area contributed by atoms with Gasteiger partial charge in [-0.05, 0) is 12.1 Å². The molecule has 0 spiro atoms. The summed E-state index contributed by atoms with van der Waals surface area (Å²) in [6.07, 6.45) is 3.64. The van der Waals surface area contributed by atoms with E-state index in [1.165, 1.54) is 0 Å². The van der Waals surface area contributed by atoms with Gasteiger partial charge in [-0.2, -0.15) is 11.8 Å². The van der Waals surface area contributed by atoms with Gasteiger partial charge in [0, 0.05) is 26.6 Å². The molecule has 0 aliphatic carbocycles. The Balaban J connectivity index is 1.68. The van der Waals surface area contributed by atoms with Crippen molar-refractivity contribution in [3.63, 3.8) is 0 Å². The molecule has 0 radical (unpaired) electrons. The minimum Gasteiger partial charge on any atom is -0.291 e. The van der Waals surface area contributed by atoms with Crippen molar-refractivity contribution >= 4 is 33.5 Å². The standard InChI is InChI=1S/C13H13BrN3OS/c14-11-3-1-10(2-4-11)13(18)5-16-8-15-17(9-16)12-6-19-7-12/h1-4,8-9,12H,5-7H2/q+1. The predicted molar refractivity (Wildman–Crippen MR) is 77.3 cm³/mol. The number of carbonyl (C=O) groups excluding carboxylic acids is 1. The quantitative estimate of drug-likeness (QED) is 0.633. The van der Waals surface area contributed by atoms with Crippen molar-refractivity contribution in [1.29, 1.82) is 0 Å². The Morgan fingerprint density at radius 1 is 1.42 bits per heavy atom. The van der Waals surface area contributed by atoms with Gasteiger partial charge in [-0.3, -0.25) is 4.79 Å². The first-order chi connectivity index (χ1) is 9.22. The van der Waals surface area contributed by atoms with E-state index >= 15 is 0 Å². The number of benzene rings is 1. The molecule has 3 rings (SSSR count). The van der Waals surface area contributed by atoms with Gasteiger partial charge in [-0.15, -0.1) is 4.68 Å². The molecule has 2 aromatic rings. The highest BCUT2D eigenvalue weighted by molar-refractivity contribution is 9.10. The minimum absolute atomic E-state index is 0.0973. The maximum Gasteiger partial charge on any atom is 0.265 e. The van der Waals surface area contributed by atoms with Crippen molar-refractivity contribution in [1.82, 2.24) is 9.78 Å². The zero-order valence-electron chi connectivity index (χ0n) is 10.2. The summed E-state index contributed by atoms with van der Waals surface area (Å²) in [6, 6.07) is 7.92. The SMILES string of the molecule is O=C(C[n+]1cnn(C2CSC2)c1)c1ccc(Br)cc1. The number of Topliss-reactive ketones (excluding diaryl/α,β-unsaturated/α-hetero) is 1. The molecule has 0 amide bonds. The molecule has 6 heteroatoms. The number of thioether (sulfide) groups is 1. The van der Waals surface area contributed by atoms with E-state index in [9.17, 15) is 4.79 Å². The molecule has 1 fully saturated rings. The maximum absolute atomic E-state index is 12.1. The monoisotopic (exact) mass is 338 g/mol. The van der Waals surface area contributed by atoms with E-state index < -0.39 is 0 Å². The number of hydrogen-bond donors (Lipinski definition) is 0. The molecule has 0 N–H and O–H groups in total. The zero-order valence-corrected chi connectivity index (χ0v) is 12.6. The normalized spacial score (nSPS) is 15.2. The summed E-state index contributed by atoms with van der Waals surface area (Å²) >= 11 is 5.28. The summed E-state index contributed by atoms with van der Waals surface area (Å²) in [6.45, 7) is 0.335. The average Bonchev–Trinajstić information content (AvgIpc) is 2.76. The molecule has 1 saturated heterocycles. The number of aromatic nitrogens is 3. The fraction of sp³-hybridized carbons (Fsp3) is 0.308. The van der Waals surface area contributed by atoms with Gasteiger partial charge < -0.3 is 0 Å². The van der Waals surface area contributed by atoms with Crippen molar-refractivity contribution in [3.05, 3.63) is 47.0 Å². The van der Waals surface area contributed by atoms with Crippen molar-refractivity contribution < 1.29 is 9.36 Å². The number of hydrogen-bond acceptors (Lipinski definition) is 3. The lowest BCUT2D eigenvalue weighted by atomic mass is 10.1. The molecule has 4 nitrogen and oxygen atoms in total. The minimum atomic E-state index is 0.0973. The van der Waals surface area contributed by atoms with Crippen molar-refractivity contribution in [2.24, 2.45) is 0 Å². The number of nitrogens with zero attached hydrogens (tertiary/aromatic N) is 3. The van der Waals surface area contributed by atoms with Crippen LogP contribution in [0.4, 0.5) is 0 Å². The second-order valence-corrected chi connectivity index (χ2v) is 6.51. The molecule has 1 aliphatic rings. The first-order valence-corrected chi connectivity index (χ1v) is 7.97. The van der Waals surface area contributed by atoms with E-state index in [1.54, 1.807) is 6.33 Å². The van der Waals surface area contributed by atoms with Gasteiger partial charge in [0.2, 0.25) is 6.33 Å². The molecule has 1 aliphatic heterocycles. The number of rotatable bonds is 4. The summed E-state index contributed by atoms with van der Waals surface area (Å²) in [4.78, 5) is 12.1. The van der Waals surface area contributed by atoms with Gasteiger partial charge in [0.1, 0.15) is 12.6 Å². The lowest BCUT2D eigenvalue weighted by Gasteiger charge is -2.19. The zero-order chi connectivity index (χ0) is 13.2. The third kappa shape index (κ3) is 2.90. The van der Waals surface area contributed by atoms with Crippen LogP contribution in [0, 0.1) is 0 Å². The van der Waals surface area contributed by atoms with E-state index in [0.717, 1.165) is 21.5 Å². The Hall–Kier alpha value is -1.14. The van der Waals surface area contributed by atoms with Crippen molar-refractivity contribution in [2.75, 3.05) is 11.5 Å². The Morgan fingerprint density at radius 2 is 2.16 bits per heavy atom. The summed E-state index contributed by atoms with van der Waals surface area (Å²) < 4.78 is 4.77. The topological polar surface area (TPSA) is 38.8 Å². The van der Waals surface area contributed by atoms with Gasteiger partial charge in [0.25, 0.3) is 6.33 Å². The van der Waals surface area contributed by atoms with E-state index in [-0.39, 0.29) is 5.78 Å². The predicted octanol–water partition coefficient (Wildman–Crippen LogP) is 2.10. The first kappa shape index (κ1) is 12.9. The third-order valence-corrected chi connectivity index (χ3v) is 4.86. The summed E-state index contributed by atoms with van der Waals surface area (Å²) in [5.74, 6) is 2.32. The van der Waals surface area contributed by atoms with E-state index in [1.807, 2.05) is 51.6 Å². The molecule has 0 unspecified atom stereocenters. The Morgan fingerprint density at radius 3 is 2.79 bits per heavy atom. The van der Waals surface area contributed by atoms with Gasteiger partial charge >= 0.3 is 0 Å². The van der Waals surface area contributed by atoms with Crippen LogP contribution in [0.1, 0.15) is 16.4 Å². The van der Waals surface area contributed by atoms with Crippen LogP contribution in [-0.2, 0) is 6.54 Å². The van der Waals surface area contributed by atoms with Crippen LogP contribution in [0.3, 0.4) is 0 Å². The fourth-order valence-corrected chi connectivity index (χ4v) is 2.89. The van der Waals surface area contributed by atoms with Crippen molar-refractivity contribution in [3.8, 4) is 0 Å². The Bertz CT molecular complexity index is 592. The lowest BCUT2D eigenvalue weighted by Crippen LogP contribution is -2.36. The summed E-state index contributed by atoms with van der Waals surface area (Å²) in [5, 5.41) is 4.31. The lowest BCUT2D eigenvalue weighted by molar-refractivity contribution is -0.684. The molecular weight excluding hydrogens is 326 g/mol. The summed E-state index contributed by atoms with van der Waals surface area (Å²) in [5.41, 5.74) is 0.725. The van der Waals surface area contributed by atoms with Crippen LogP contribution in [-0.4, -0.2) is 27.1 Å². The number of ketones is 1. The van der Waals surface area contributed by atoms with Gasteiger partial charge in [0.05, 0.1) is 0 Å². The van der Waals surface area contributed by atoms with Crippen molar-refractivity contribution in [2.45, 2.75) is 12.6 Å². The molecule has 0 atom stereocenters. The third-order valence-electron chi connectivity index (χ3n) is 3.09. The van der Waals surface area contributed by atoms with Crippen LogP contribution < -0.4 is 4.57 Å². The summed E-state index contributed by atoms with van der Waals surface area (Å²) in [7, 11) is 0. The Labute approximate surface area is 123 Å². The van der Waals surface area contributed by atoms with Gasteiger partial charge in [0.15, 0.2) is 5.78 Å². The fourth-order valence-electron chi connectivity index (χ4n) is 1.88. The highest BCUT2D eigenvalue weighted by Gasteiger charge is 2.26. The van der Waals surface area contributed by atoms with Crippen LogP contribution >= 0.6 is 27.7 Å². The highest BCUT2D eigenvalue weighted by Crippen LogP contribution is 2.27. The second kappa shape index (κ2) is 5.46. The number of carbonyl (C=O) groups is 1. The first-order valence-electron chi connectivity index (χ1n) is 6.02. The van der Waals surface area contributed by atoms with Gasteiger partial charge in [-0.1, -0.05) is 28.1 Å². The Kier molecular flexibility index (Phi) is 3.70. The number of halogens is 1. The largest absolute Gasteiger partial charge is 0.291 e. The molecule has 0 bridgehead atoms. The molecule has 2 heterocycles.